The number of nitrogens with one attached hydrogen (secondary N) is 2. The van der Waals surface area contributed by atoms with Gasteiger partial charge in [-0.3, -0.25) is 0 Å². The number of rotatable bonds is 3. The van der Waals surface area contributed by atoms with Gasteiger partial charge in [-0.2, -0.15) is 0 Å². The van der Waals surface area contributed by atoms with Crippen molar-refractivity contribution in [3.05, 3.63) is 29.8 Å². The Morgan fingerprint density at radius 2 is 2.17 bits per heavy atom. The zero-order valence-electron chi connectivity index (χ0n) is 10.8. The van der Waals surface area contributed by atoms with Crippen LogP contribution < -0.4 is 10.0 Å². The Bertz CT molecular complexity index is 513. The summed E-state index contributed by atoms with van der Waals surface area (Å²) < 4.78 is 27.3. The highest BCUT2D eigenvalue weighted by Crippen LogP contribution is 2.16. The Morgan fingerprint density at radius 1 is 1.39 bits per heavy atom. The second-order valence-corrected chi connectivity index (χ2v) is 6.73. The van der Waals surface area contributed by atoms with Gasteiger partial charge in [-0.25, -0.2) is 13.1 Å². The summed E-state index contributed by atoms with van der Waals surface area (Å²) in [5, 5.41) is 3.22. The molecule has 4 nitrogen and oxygen atoms in total. The summed E-state index contributed by atoms with van der Waals surface area (Å²) >= 11 is 0. The second kappa shape index (κ2) is 5.38. The zero-order valence-corrected chi connectivity index (χ0v) is 11.6. The van der Waals surface area contributed by atoms with Crippen molar-refractivity contribution in [2.45, 2.75) is 31.2 Å². The molecule has 1 aliphatic rings. The first-order valence-corrected chi connectivity index (χ1v) is 7.77. The van der Waals surface area contributed by atoms with Crippen LogP contribution in [-0.4, -0.2) is 27.5 Å². The van der Waals surface area contributed by atoms with E-state index in [9.17, 15) is 8.42 Å². The molecule has 1 saturated heterocycles. The van der Waals surface area contributed by atoms with E-state index in [1.807, 2.05) is 13.0 Å². The van der Waals surface area contributed by atoms with Crippen LogP contribution in [0.25, 0.3) is 0 Å². The quantitative estimate of drug-likeness (QED) is 0.868. The maximum Gasteiger partial charge on any atom is 0.240 e. The molecule has 18 heavy (non-hydrogen) atoms. The van der Waals surface area contributed by atoms with E-state index < -0.39 is 10.0 Å². The van der Waals surface area contributed by atoms with E-state index in [2.05, 4.69) is 17.0 Å². The average molecular weight is 268 g/mol. The van der Waals surface area contributed by atoms with E-state index in [4.69, 9.17) is 0 Å². The molecule has 5 heteroatoms. The molecule has 0 aliphatic carbocycles. The van der Waals surface area contributed by atoms with Gasteiger partial charge in [0.25, 0.3) is 0 Å². The average Bonchev–Trinajstić information content (AvgIpc) is 2.32. The molecule has 2 N–H and O–H groups in total. The SMILES string of the molecule is Cc1cccc(S(=O)(=O)NC2CNCCC2C)c1. The number of sulfonamides is 1. The molecule has 0 radical (unpaired) electrons. The molecule has 2 unspecified atom stereocenters. The number of hydrogen-bond donors (Lipinski definition) is 2. The normalized spacial score (nSPS) is 25.0. The maximum atomic E-state index is 12.3. The number of hydrogen-bond acceptors (Lipinski definition) is 3. The Kier molecular flexibility index (Phi) is 4.04. The van der Waals surface area contributed by atoms with Gasteiger partial charge in [0.1, 0.15) is 0 Å². The van der Waals surface area contributed by atoms with E-state index in [1.54, 1.807) is 18.2 Å². The van der Waals surface area contributed by atoms with Crippen LogP contribution in [0.15, 0.2) is 29.2 Å². The third kappa shape index (κ3) is 3.10. The van der Waals surface area contributed by atoms with Crippen LogP contribution in [0.2, 0.25) is 0 Å². The molecule has 0 spiro atoms. The lowest BCUT2D eigenvalue weighted by Gasteiger charge is -2.30. The lowest BCUT2D eigenvalue weighted by atomic mass is 9.96. The Balaban J connectivity index is 2.16. The van der Waals surface area contributed by atoms with Crippen LogP contribution in [-0.2, 0) is 10.0 Å². The van der Waals surface area contributed by atoms with Crippen LogP contribution >= 0.6 is 0 Å². The van der Waals surface area contributed by atoms with Crippen molar-refractivity contribution in [2.75, 3.05) is 13.1 Å². The number of piperidine rings is 1. The summed E-state index contributed by atoms with van der Waals surface area (Å²) in [4.78, 5) is 0.347. The van der Waals surface area contributed by atoms with Gasteiger partial charge in [0.05, 0.1) is 4.90 Å². The largest absolute Gasteiger partial charge is 0.315 e. The smallest absolute Gasteiger partial charge is 0.240 e. The lowest BCUT2D eigenvalue weighted by Crippen LogP contribution is -2.50. The van der Waals surface area contributed by atoms with Crippen LogP contribution in [0.5, 0.6) is 0 Å². The van der Waals surface area contributed by atoms with Crippen molar-refractivity contribution in [2.24, 2.45) is 5.92 Å². The molecule has 1 aliphatic heterocycles. The van der Waals surface area contributed by atoms with Gasteiger partial charge >= 0.3 is 0 Å². The molecule has 1 fully saturated rings. The van der Waals surface area contributed by atoms with E-state index in [0.29, 0.717) is 17.4 Å². The summed E-state index contributed by atoms with van der Waals surface area (Å²) in [6, 6.07) is 6.97. The van der Waals surface area contributed by atoms with E-state index in [0.717, 1.165) is 18.5 Å². The topological polar surface area (TPSA) is 58.2 Å². The van der Waals surface area contributed by atoms with E-state index in [1.165, 1.54) is 0 Å². The third-order valence-corrected chi connectivity index (χ3v) is 4.92. The monoisotopic (exact) mass is 268 g/mol. The molecule has 2 atom stereocenters. The van der Waals surface area contributed by atoms with Gasteiger partial charge in [-0.05, 0) is 43.5 Å². The third-order valence-electron chi connectivity index (χ3n) is 3.43. The molecule has 0 saturated carbocycles. The fourth-order valence-corrected chi connectivity index (χ4v) is 3.65. The van der Waals surface area contributed by atoms with Gasteiger partial charge in [-0.1, -0.05) is 19.1 Å². The first kappa shape index (κ1) is 13.5. The van der Waals surface area contributed by atoms with Crippen LogP contribution in [0.1, 0.15) is 18.9 Å². The van der Waals surface area contributed by atoms with Gasteiger partial charge in [0.15, 0.2) is 0 Å². The molecule has 1 aromatic carbocycles. The molecule has 100 valence electrons. The van der Waals surface area contributed by atoms with Crippen molar-refractivity contribution < 1.29 is 8.42 Å². The maximum absolute atomic E-state index is 12.3. The molecular formula is C13H20N2O2S. The number of aryl methyl sites for hydroxylation is 1. The van der Waals surface area contributed by atoms with Gasteiger partial charge in [-0.15, -0.1) is 0 Å². The molecule has 1 heterocycles. The standard InChI is InChI=1S/C13H20N2O2S/c1-10-4-3-5-12(8-10)18(16,17)15-13-9-14-7-6-11(13)2/h3-5,8,11,13-15H,6-7,9H2,1-2H3. The first-order valence-electron chi connectivity index (χ1n) is 6.29. The van der Waals surface area contributed by atoms with Crippen molar-refractivity contribution >= 4 is 10.0 Å². The zero-order chi connectivity index (χ0) is 13.2. The highest BCUT2D eigenvalue weighted by atomic mass is 32.2. The summed E-state index contributed by atoms with van der Waals surface area (Å²) in [5.74, 6) is 0.367. The van der Waals surface area contributed by atoms with Gasteiger partial charge in [0.2, 0.25) is 10.0 Å². The fourth-order valence-electron chi connectivity index (χ4n) is 2.20. The predicted molar refractivity (Wildman–Crippen MR) is 71.9 cm³/mol. The first-order chi connectivity index (χ1) is 8.49. The van der Waals surface area contributed by atoms with Crippen molar-refractivity contribution in [1.82, 2.24) is 10.0 Å². The molecule has 2 rings (SSSR count). The molecule has 0 bridgehead atoms. The summed E-state index contributed by atoms with van der Waals surface area (Å²) in [6.45, 7) is 5.64. The minimum absolute atomic E-state index is 0.0238. The molecule has 1 aromatic rings. The Labute approximate surface area is 109 Å². The van der Waals surface area contributed by atoms with Gasteiger partial charge < -0.3 is 5.32 Å². The second-order valence-electron chi connectivity index (χ2n) is 5.01. The van der Waals surface area contributed by atoms with E-state index >= 15 is 0 Å². The minimum atomic E-state index is -3.41. The molecular weight excluding hydrogens is 248 g/mol. The van der Waals surface area contributed by atoms with Crippen LogP contribution in [0.3, 0.4) is 0 Å². The van der Waals surface area contributed by atoms with Crippen molar-refractivity contribution in [3.63, 3.8) is 0 Å². The van der Waals surface area contributed by atoms with E-state index in [-0.39, 0.29) is 6.04 Å². The summed E-state index contributed by atoms with van der Waals surface area (Å²) in [5.41, 5.74) is 0.952. The molecule has 0 amide bonds. The highest BCUT2D eigenvalue weighted by molar-refractivity contribution is 7.89. The van der Waals surface area contributed by atoms with Gasteiger partial charge in [0, 0.05) is 12.6 Å². The fraction of sp³-hybridized carbons (Fsp3) is 0.538. The molecule has 0 aromatic heterocycles. The summed E-state index contributed by atoms with van der Waals surface area (Å²) in [7, 11) is -3.41. The minimum Gasteiger partial charge on any atom is -0.315 e. The Morgan fingerprint density at radius 3 is 2.83 bits per heavy atom. The Hall–Kier alpha value is -0.910. The van der Waals surface area contributed by atoms with Crippen molar-refractivity contribution in [1.29, 1.82) is 0 Å². The van der Waals surface area contributed by atoms with Crippen molar-refractivity contribution in [3.8, 4) is 0 Å². The van der Waals surface area contributed by atoms with Crippen LogP contribution in [0, 0.1) is 12.8 Å². The lowest BCUT2D eigenvalue weighted by molar-refractivity contribution is 0.327. The predicted octanol–water partition coefficient (Wildman–Crippen LogP) is 1.27. The highest BCUT2D eigenvalue weighted by Gasteiger charge is 2.26. The number of benzene rings is 1. The van der Waals surface area contributed by atoms with Crippen LogP contribution in [0.4, 0.5) is 0 Å². The summed E-state index contributed by atoms with van der Waals surface area (Å²) in [6.07, 6.45) is 1.00.